The maximum Gasteiger partial charge on any atom is 0.410 e. The average Bonchev–Trinajstić information content (AvgIpc) is 3.00. The molecule has 0 radical (unpaired) electrons. The summed E-state index contributed by atoms with van der Waals surface area (Å²) in [5, 5.41) is 8.73. The minimum absolute atomic E-state index is 0. The Morgan fingerprint density at radius 3 is 1.42 bits per heavy atom. The highest BCUT2D eigenvalue weighted by Gasteiger charge is 2.22. The zero-order valence-electron chi connectivity index (χ0n) is 25.5. The van der Waals surface area contributed by atoms with Gasteiger partial charge >= 0.3 is 24.1 Å². The van der Waals surface area contributed by atoms with Crippen LogP contribution in [0.3, 0.4) is 0 Å². The number of hydrogen-bond acceptors (Lipinski definition) is 7. The Hall–Kier alpha value is -4.08. The summed E-state index contributed by atoms with van der Waals surface area (Å²) in [5.41, 5.74) is 1.84. The third kappa shape index (κ3) is 16.2. The average molecular weight is 603 g/mol. The van der Waals surface area contributed by atoms with E-state index >= 15 is 0 Å². The van der Waals surface area contributed by atoms with Crippen LogP contribution >= 0.6 is 0 Å². The maximum absolute atomic E-state index is 12.2. The molecule has 2 atom stereocenters. The summed E-state index contributed by atoms with van der Waals surface area (Å²) >= 11 is 0. The molecule has 2 aromatic carbocycles. The second-order valence-electron chi connectivity index (χ2n) is 9.68. The molecule has 0 fully saturated rings. The predicted molar refractivity (Wildman–Crippen MR) is 166 cm³/mol. The van der Waals surface area contributed by atoms with E-state index in [0.29, 0.717) is 13.2 Å². The third-order valence-electron chi connectivity index (χ3n) is 6.55. The lowest BCUT2D eigenvalue weighted by Gasteiger charge is -2.27. The number of nitrogens with zero attached hydrogens (tertiary/aromatic N) is 2. The van der Waals surface area contributed by atoms with Gasteiger partial charge in [0.25, 0.3) is 0 Å². The van der Waals surface area contributed by atoms with E-state index in [4.69, 9.17) is 19.3 Å². The van der Waals surface area contributed by atoms with Crippen LogP contribution in [0.25, 0.3) is 0 Å². The van der Waals surface area contributed by atoms with Crippen LogP contribution in [-0.2, 0) is 37.0 Å². The van der Waals surface area contributed by atoms with Gasteiger partial charge in [-0.05, 0) is 44.7 Å². The molecule has 0 bridgehead atoms. The summed E-state index contributed by atoms with van der Waals surface area (Å²) in [6.45, 7) is 10.8. The van der Waals surface area contributed by atoms with Crippen molar-refractivity contribution in [1.82, 2.24) is 9.80 Å². The van der Waals surface area contributed by atoms with Crippen molar-refractivity contribution in [2.75, 3.05) is 19.7 Å². The monoisotopic (exact) mass is 602 g/mol. The lowest BCUT2D eigenvalue weighted by Crippen LogP contribution is -2.40. The van der Waals surface area contributed by atoms with Crippen LogP contribution in [0.1, 0.15) is 78.9 Å². The van der Waals surface area contributed by atoms with Gasteiger partial charge in [-0.25, -0.2) is 9.59 Å². The predicted octanol–water partition coefficient (Wildman–Crippen LogP) is 6.91. The van der Waals surface area contributed by atoms with E-state index in [1.807, 2.05) is 88.4 Å². The SMILES string of the molecule is C.CCC(C)N(CCC(=O)O)C(=O)OCc1ccccc1.CCOC(=O)CCN(C(=O)OCc1ccccc1)C(C)CC. The van der Waals surface area contributed by atoms with Crippen molar-refractivity contribution < 1.29 is 38.5 Å². The molecule has 1 N–H and O–H groups in total. The van der Waals surface area contributed by atoms with Gasteiger partial charge in [-0.15, -0.1) is 0 Å². The van der Waals surface area contributed by atoms with E-state index in [-0.39, 0.29) is 58.1 Å². The van der Waals surface area contributed by atoms with Crippen molar-refractivity contribution in [3.8, 4) is 0 Å². The van der Waals surface area contributed by atoms with Gasteiger partial charge in [-0.3, -0.25) is 9.59 Å². The fourth-order valence-electron chi connectivity index (χ4n) is 3.69. The van der Waals surface area contributed by atoms with Gasteiger partial charge in [0.1, 0.15) is 13.2 Å². The number of benzene rings is 2. The molecule has 0 aromatic heterocycles. The van der Waals surface area contributed by atoms with Gasteiger partial charge < -0.3 is 29.1 Å². The standard InChI is InChI=1S/C17H25NO4.C15H21NO4.CH4/c1-4-14(3)18(12-11-16(19)21-5-2)17(20)22-13-15-9-7-6-8-10-15;1-3-12(2)16(10-9-14(17)18)15(19)20-11-13-7-5-4-6-8-13;/h6-10,14H,4-5,11-13H2,1-3H3;4-8,12H,3,9-11H2,1-2H3,(H,17,18);1H4. The fraction of sp³-hybridized carbons (Fsp3) is 0.515. The van der Waals surface area contributed by atoms with Crippen molar-refractivity contribution in [3.05, 3.63) is 71.8 Å². The number of carbonyl (C=O) groups is 4. The number of aliphatic carboxylic acids is 1. The Balaban J connectivity index is 0.000000805. The minimum Gasteiger partial charge on any atom is -0.481 e. The minimum atomic E-state index is -0.922. The first kappa shape index (κ1) is 38.9. The van der Waals surface area contributed by atoms with E-state index in [0.717, 1.165) is 24.0 Å². The first-order valence-corrected chi connectivity index (χ1v) is 14.4. The summed E-state index contributed by atoms with van der Waals surface area (Å²) < 4.78 is 15.5. The molecular weight excluding hydrogens is 552 g/mol. The summed E-state index contributed by atoms with van der Waals surface area (Å²) in [6, 6.07) is 18.9. The molecule has 0 spiro atoms. The molecule has 2 aromatic rings. The second kappa shape index (κ2) is 22.5. The van der Waals surface area contributed by atoms with Crippen molar-refractivity contribution in [1.29, 1.82) is 0 Å². The van der Waals surface area contributed by atoms with Gasteiger partial charge in [0.2, 0.25) is 0 Å². The number of hydrogen-bond donors (Lipinski definition) is 1. The zero-order chi connectivity index (χ0) is 31.3. The molecule has 2 amide bonds. The molecule has 0 saturated carbocycles. The summed E-state index contributed by atoms with van der Waals surface area (Å²) in [5.74, 6) is -1.22. The maximum atomic E-state index is 12.2. The van der Waals surface area contributed by atoms with E-state index in [9.17, 15) is 19.2 Å². The zero-order valence-corrected chi connectivity index (χ0v) is 25.5. The number of carbonyl (C=O) groups excluding carboxylic acids is 3. The number of carboxylic acids is 1. The number of carboxylic acid groups (broad SMARTS) is 1. The largest absolute Gasteiger partial charge is 0.481 e. The van der Waals surface area contributed by atoms with Crippen LogP contribution in [0.5, 0.6) is 0 Å². The van der Waals surface area contributed by atoms with Gasteiger partial charge in [0, 0.05) is 25.2 Å². The molecule has 0 aliphatic carbocycles. The second-order valence-corrected chi connectivity index (χ2v) is 9.68. The van der Waals surface area contributed by atoms with Crippen LogP contribution in [0.2, 0.25) is 0 Å². The highest BCUT2D eigenvalue weighted by atomic mass is 16.6. The summed E-state index contributed by atoms with van der Waals surface area (Å²) in [4.78, 5) is 49.4. The highest BCUT2D eigenvalue weighted by molar-refractivity contribution is 5.72. The van der Waals surface area contributed by atoms with Gasteiger partial charge in [-0.2, -0.15) is 0 Å². The van der Waals surface area contributed by atoms with Crippen LogP contribution < -0.4 is 0 Å². The molecule has 240 valence electrons. The Morgan fingerprint density at radius 2 is 1.07 bits per heavy atom. The lowest BCUT2D eigenvalue weighted by atomic mass is 10.2. The fourth-order valence-corrected chi connectivity index (χ4v) is 3.69. The van der Waals surface area contributed by atoms with Crippen LogP contribution in [0, 0.1) is 0 Å². The van der Waals surface area contributed by atoms with Gasteiger partial charge in [-0.1, -0.05) is 81.9 Å². The molecule has 10 heteroatoms. The third-order valence-corrected chi connectivity index (χ3v) is 6.55. The Labute approximate surface area is 256 Å². The quantitative estimate of drug-likeness (QED) is 0.172. The first-order chi connectivity index (χ1) is 20.1. The van der Waals surface area contributed by atoms with E-state index in [2.05, 4.69) is 0 Å². The molecule has 10 nitrogen and oxygen atoms in total. The van der Waals surface area contributed by atoms with Crippen LogP contribution in [0.15, 0.2) is 60.7 Å². The molecular formula is C33H50N2O8. The smallest absolute Gasteiger partial charge is 0.410 e. The van der Waals surface area contributed by atoms with E-state index < -0.39 is 18.2 Å². The van der Waals surface area contributed by atoms with Crippen molar-refractivity contribution >= 4 is 24.1 Å². The summed E-state index contributed by atoms with van der Waals surface area (Å²) in [6.07, 6.45) is 0.777. The Morgan fingerprint density at radius 1 is 0.674 bits per heavy atom. The summed E-state index contributed by atoms with van der Waals surface area (Å²) in [7, 11) is 0. The highest BCUT2D eigenvalue weighted by Crippen LogP contribution is 2.11. The van der Waals surface area contributed by atoms with Gasteiger partial charge in [0.15, 0.2) is 0 Å². The number of esters is 1. The number of amides is 2. The first-order valence-electron chi connectivity index (χ1n) is 14.4. The number of ether oxygens (including phenoxy) is 3. The van der Waals surface area contributed by atoms with E-state index in [1.54, 1.807) is 11.8 Å². The molecule has 0 aliphatic rings. The molecule has 2 rings (SSSR count). The van der Waals surface area contributed by atoms with Crippen LogP contribution in [-0.4, -0.2) is 70.8 Å². The molecule has 43 heavy (non-hydrogen) atoms. The van der Waals surface area contributed by atoms with Crippen molar-refractivity contribution in [2.45, 2.75) is 93.0 Å². The lowest BCUT2D eigenvalue weighted by molar-refractivity contribution is -0.143. The van der Waals surface area contributed by atoms with Crippen molar-refractivity contribution in [2.24, 2.45) is 0 Å². The molecule has 0 saturated heterocycles. The molecule has 2 unspecified atom stereocenters. The normalized spacial score (nSPS) is 11.4. The molecule has 0 aliphatic heterocycles. The Kier molecular flexibility index (Phi) is 20.4. The van der Waals surface area contributed by atoms with E-state index in [1.165, 1.54) is 4.90 Å². The topological polar surface area (TPSA) is 123 Å². The van der Waals surface area contributed by atoms with Crippen molar-refractivity contribution in [3.63, 3.8) is 0 Å². The van der Waals surface area contributed by atoms with Crippen LogP contribution in [0.4, 0.5) is 9.59 Å². The van der Waals surface area contributed by atoms with Gasteiger partial charge in [0.05, 0.1) is 19.4 Å². The molecule has 0 heterocycles. The number of rotatable bonds is 15. The Bertz CT molecular complexity index is 1070.